The molecule has 37 heavy (non-hydrogen) atoms. The highest BCUT2D eigenvalue weighted by Gasteiger charge is 2.69. The lowest BCUT2D eigenvalue weighted by molar-refractivity contribution is -0.140. The lowest BCUT2D eigenvalue weighted by Crippen LogP contribution is -2.59. The van der Waals surface area contributed by atoms with Gasteiger partial charge in [-0.1, -0.05) is 54.6 Å². The Morgan fingerprint density at radius 3 is 2.05 bits per heavy atom. The summed E-state index contributed by atoms with van der Waals surface area (Å²) in [7, 11) is 4.89. The van der Waals surface area contributed by atoms with Gasteiger partial charge in [-0.2, -0.15) is 0 Å². The number of carbonyl (C=O) groups is 2. The molecular weight excluding hydrogens is 466 g/mol. The number of hydrogen-bond donors (Lipinski definition) is 0. The molecule has 2 amide bonds. The van der Waals surface area contributed by atoms with Crippen molar-refractivity contribution in [2.75, 3.05) is 27.9 Å². The molecule has 1 fully saturated rings. The van der Waals surface area contributed by atoms with Gasteiger partial charge in [0.1, 0.15) is 0 Å². The highest BCUT2D eigenvalue weighted by Crippen LogP contribution is 2.65. The summed E-state index contributed by atoms with van der Waals surface area (Å²) in [6.45, 7) is 2.34. The van der Waals surface area contributed by atoms with Crippen molar-refractivity contribution >= 4 is 11.8 Å². The average Bonchev–Trinajstić information content (AvgIpc) is 3.20. The second-order valence-electron chi connectivity index (χ2n) is 10.2. The van der Waals surface area contributed by atoms with Crippen molar-refractivity contribution in [3.63, 3.8) is 0 Å². The van der Waals surface area contributed by atoms with Gasteiger partial charge in [0.15, 0.2) is 11.5 Å². The van der Waals surface area contributed by atoms with Crippen molar-refractivity contribution < 1.29 is 23.8 Å². The summed E-state index contributed by atoms with van der Waals surface area (Å²) in [4.78, 5) is 29.8. The maximum Gasteiger partial charge on any atom is 0.234 e. The molecular formula is C31H31NO5. The number of methoxy groups -OCH3 is 3. The molecule has 0 spiro atoms. The van der Waals surface area contributed by atoms with Crippen LogP contribution < -0.4 is 9.47 Å². The van der Waals surface area contributed by atoms with Crippen molar-refractivity contribution in [1.29, 1.82) is 0 Å². The SMILES string of the molecule is COc1ccc(CCN2C(=O)[C@H]3C4c5ccccc5C([C@H](C)OC)(c5ccccc54)[C@H]3C2=O)cc1OC. The largest absolute Gasteiger partial charge is 0.493 e. The highest BCUT2D eigenvalue weighted by molar-refractivity contribution is 6.08. The lowest BCUT2D eigenvalue weighted by Gasteiger charge is -2.56. The first-order valence-corrected chi connectivity index (χ1v) is 12.8. The number of ether oxygens (including phenoxy) is 3. The number of rotatable bonds is 7. The third-order valence-corrected chi connectivity index (χ3v) is 8.84. The predicted octanol–water partition coefficient (Wildman–Crippen LogP) is 4.33. The van der Waals surface area contributed by atoms with Crippen LogP contribution in [0.2, 0.25) is 0 Å². The number of nitrogens with zero attached hydrogens (tertiary/aromatic N) is 1. The maximum atomic E-state index is 14.2. The fourth-order valence-corrected chi connectivity index (χ4v) is 7.26. The third-order valence-electron chi connectivity index (χ3n) is 8.84. The van der Waals surface area contributed by atoms with Crippen LogP contribution in [-0.2, 0) is 26.2 Å². The van der Waals surface area contributed by atoms with Gasteiger partial charge in [0.2, 0.25) is 11.8 Å². The van der Waals surface area contributed by atoms with Gasteiger partial charge < -0.3 is 14.2 Å². The first-order valence-electron chi connectivity index (χ1n) is 12.8. The zero-order valence-corrected chi connectivity index (χ0v) is 21.6. The molecule has 3 aromatic rings. The van der Waals surface area contributed by atoms with Gasteiger partial charge in [-0.25, -0.2) is 0 Å². The monoisotopic (exact) mass is 497 g/mol. The van der Waals surface area contributed by atoms with Crippen molar-refractivity contribution in [2.24, 2.45) is 11.8 Å². The fourth-order valence-electron chi connectivity index (χ4n) is 7.26. The Kier molecular flexibility index (Phi) is 5.60. The van der Waals surface area contributed by atoms with Crippen molar-refractivity contribution in [3.8, 4) is 11.5 Å². The second kappa shape index (κ2) is 8.73. The molecule has 0 radical (unpaired) electrons. The van der Waals surface area contributed by atoms with E-state index in [0.717, 1.165) is 27.8 Å². The van der Waals surface area contributed by atoms with E-state index in [9.17, 15) is 9.59 Å². The standard InChI is InChI=1S/C31H31NO5/c1-18(35-2)31-22-11-7-5-9-20(22)26(21-10-6-8-12-23(21)31)27-28(31)30(34)32(29(27)33)16-15-19-13-14-24(36-3)25(17-19)37-4/h5-14,17-18,26-28H,15-16H2,1-4H3/t18-,26?,27-,28+,31?/m0/s1. The maximum absolute atomic E-state index is 14.2. The second-order valence-corrected chi connectivity index (χ2v) is 10.2. The minimum Gasteiger partial charge on any atom is -0.493 e. The highest BCUT2D eigenvalue weighted by atomic mass is 16.5. The molecule has 2 bridgehead atoms. The Morgan fingerprint density at radius 2 is 1.46 bits per heavy atom. The van der Waals surface area contributed by atoms with E-state index in [0.29, 0.717) is 24.5 Å². The Hall–Kier alpha value is -3.64. The summed E-state index contributed by atoms with van der Waals surface area (Å²) in [5, 5.41) is 0. The summed E-state index contributed by atoms with van der Waals surface area (Å²) in [6, 6.07) is 22.3. The van der Waals surface area contributed by atoms with Crippen LogP contribution in [0.15, 0.2) is 66.7 Å². The van der Waals surface area contributed by atoms with Gasteiger partial charge >= 0.3 is 0 Å². The van der Waals surface area contributed by atoms with E-state index in [2.05, 4.69) is 24.3 Å². The molecule has 3 aliphatic carbocycles. The van der Waals surface area contributed by atoms with Crippen LogP contribution in [0, 0.1) is 11.8 Å². The number of likely N-dealkylation sites (tertiary alicyclic amines) is 1. The molecule has 1 heterocycles. The molecule has 3 atom stereocenters. The molecule has 7 rings (SSSR count). The van der Waals surface area contributed by atoms with E-state index in [4.69, 9.17) is 14.2 Å². The first-order chi connectivity index (χ1) is 18.0. The Bertz CT molecular complexity index is 1350. The van der Waals surface area contributed by atoms with E-state index < -0.39 is 17.3 Å². The van der Waals surface area contributed by atoms with Crippen LogP contribution in [0.4, 0.5) is 0 Å². The van der Waals surface area contributed by atoms with Crippen LogP contribution >= 0.6 is 0 Å². The average molecular weight is 498 g/mol. The Morgan fingerprint density at radius 1 is 0.838 bits per heavy atom. The fraction of sp³-hybridized carbons (Fsp3) is 0.355. The minimum atomic E-state index is -0.730. The lowest BCUT2D eigenvalue weighted by atomic mass is 9.46. The van der Waals surface area contributed by atoms with E-state index in [1.165, 1.54) is 4.90 Å². The van der Waals surface area contributed by atoms with Gasteiger partial charge in [0, 0.05) is 19.6 Å². The van der Waals surface area contributed by atoms with E-state index >= 15 is 0 Å². The smallest absolute Gasteiger partial charge is 0.234 e. The number of amides is 2. The summed E-state index contributed by atoms with van der Waals surface area (Å²) in [5.74, 6) is -0.00961. The summed E-state index contributed by atoms with van der Waals surface area (Å²) in [6.07, 6.45) is 0.236. The summed E-state index contributed by atoms with van der Waals surface area (Å²) >= 11 is 0. The third kappa shape index (κ3) is 3.08. The molecule has 6 nitrogen and oxygen atoms in total. The normalized spacial score (nSPS) is 25.9. The zero-order chi connectivity index (χ0) is 25.9. The van der Waals surface area contributed by atoms with Crippen LogP contribution in [0.25, 0.3) is 0 Å². The molecule has 0 aromatic heterocycles. The van der Waals surface area contributed by atoms with Crippen LogP contribution in [-0.4, -0.2) is 50.7 Å². The Balaban J connectivity index is 1.43. The van der Waals surface area contributed by atoms with Gasteiger partial charge in [0.05, 0.1) is 37.6 Å². The summed E-state index contributed by atoms with van der Waals surface area (Å²) in [5.41, 5.74) is 4.73. The minimum absolute atomic E-state index is 0.0860. The quantitative estimate of drug-likeness (QED) is 0.455. The molecule has 0 N–H and O–H groups in total. The Labute approximate surface area is 217 Å². The topological polar surface area (TPSA) is 65.1 Å². The van der Waals surface area contributed by atoms with Gasteiger partial charge in [-0.05, 0) is 53.3 Å². The van der Waals surface area contributed by atoms with E-state index in [1.807, 2.05) is 49.4 Å². The zero-order valence-electron chi connectivity index (χ0n) is 21.6. The van der Waals surface area contributed by atoms with Crippen LogP contribution in [0.1, 0.15) is 40.7 Å². The van der Waals surface area contributed by atoms with Crippen molar-refractivity contribution in [1.82, 2.24) is 4.90 Å². The van der Waals surface area contributed by atoms with Crippen molar-refractivity contribution in [3.05, 3.63) is 94.5 Å². The van der Waals surface area contributed by atoms with E-state index in [-0.39, 0.29) is 23.8 Å². The van der Waals surface area contributed by atoms with Gasteiger partial charge in [0.25, 0.3) is 0 Å². The molecule has 1 aliphatic heterocycles. The van der Waals surface area contributed by atoms with Crippen LogP contribution in [0.3, 0.4) is 0 Å². The molecule has 190 valence electrons. The molecule has 1 saturated heterocycles. The number of carbonyl (C=O) groups excluding carboxylic acids is 2. The van der Waals surface area contributed by atoms with Crippen molar-refractivity contribution in [2.45, 2.75) is 30.8 Å². The summed E-state index contributed by atoms with van der Waals surface area (Å²) < 4.78 is 16.8. The van der Waals surface area contributed by atoms with Crippen LogP contribution in [0.5, 0.6) is 11.5 Å². The molecule has 4 aliphatic rings. The molecule has 0 unspecified atom stereocenters. The molecule has 6 heteroatoms. The number of imide groups is 1. The molecule has 0 saturated carbocycles. The number of benzene rings is 3. The number of hydrogen-bond acceptors (Lipinski definition) is 5. The molecule has 3 aromatic carbocycles. The predicted molar refractivity (Wildman–Crippen MR) is 139 cm³/mol. The first kappa shape index (κ1) is 23.7. The van der Waals surface area contributed by atoms with E-state index in [1.54, 1.807) is 21.3 Å². The van der Waals surface area contributed by atoms with Gasteiger partial charge in [-0.3, -0.25) is 14.5 Å². The van der Waals surface area contributed by atoms with Gasteiger partial charge in [-0.15, -0.1) is 0 Å².